The molecule has 2 heteroatoms. The number of hydrogen-bond donors (Lipinski definition) is 0. The summed E-state index contributed by atoms with van der Waals surface area (Å²) < 4.78 is 5.68. The predicted octanol–water partition coefficient (Wildman–Crippen LogP) is 4.66. The molecule has 0 radical (unpaired) electrons. The van der Waals surface area contributed by atoms with Crippen molar-refractivity contribution in [3.8, 4) is 5.75 Å². The first kappa shape index (κ1) is 13.6. The van der Waals surface area contributed by atoms with Gasteiger partial charge in [0.2, 0.25) is 0 Å². The maximum absolute atomic E-state index is 5.68. The molecule has 0 aliphatic carbocycles. The van der Waals surface area contributed by atoms with Crippen molar-refractivity contribution in [3.05, 3.63) is 30.3 Å². The third-order valence-corrected chi connectivity index (χ3v) is 4.47. The summed E-state index contributed by atoms with van der Waals surface area (Å²) in [6.45, 7) is 5.39. The van der Waals surface area contributed by atoms with Crippen molar-refractivity contribution in [2.75, 3.05) is 11.9 Å². The van der Waals surface area contributed by atoms with Crippen LogP contribution >= 0.6 is 15.9 Å². The van der Waals surface area contributed by atoms with Crippen LogP contribution < -0.4 is 4.74 Å². The summed E-state index contributed by atoms with van der Waals surface area (Å²) in [4.78, 5) is 0. The molecule has 0 spiro atoms. The zero-order valence-electron chi connectivity index (χ0n) is 10.2. The molecule has 0 aliphatic heterocycles. The highest BCUT2D eigenvalue weighted by molar-refractivity contribution is 9.09. The van der Waals surface area contributed by atoms with Crippen LogP contribution in [0.15, 0.2) is 30.3 Å². The van der Waals surface area contributed by atoms with Crippen molar-refractivity contribution < 1.29 is 4.74 Å². The summed E-state index contributed by atoms with van der Waals surface area (Å²) in [5.41, 5.74) is 0.417. The van der Waals surface area contributed by atoms with E-state index in [-0.39, 0.29) is 0 Å². The van der Waals surface area contributed by atoms with Gasteiger partial charge in [-0.3, -0.25) is 0 Å². The molecule has 0 aromatic heterocycles. The Kier molecular flexibility index (Phi) is 5.89. The first-order valence-electron chi connectivity index (χ1n) is 5.94. The molecular weight excluding hydrogens is 264 g/mol. The Morgan fingerprint density at radius 2 is 1.94 bits per heavy atom. The minimum atomic E-state index is 0.417. The summed E-state index contributed by atoms with van der Waals surface area (Å²) >= 11 is 3.59. The first-order chi connectivity index (χ1) is 7.70. The van der Waals surface area contributed by atoms with E-state index >= 15 is 0 Å². The van der Waals surface area contributed by atoms with Gasteiger partial charge >= 0.3 is 0 Å². The minimum Gasteiger partial charge on any atom is -0.494 e. The number of alkyl halides is 1. The third kappa shape index (κ3) is 4.56. The van der Waals surface area contributed by atoms with Gasteiger partial charge in [-0.05, 0) is 36.8 Å². The fourth-order valence-electron chi connectivity index (χ4n) is 1.54. The number of para-hydroxylation sites is 1. The van der Waals surface area contributed by atoms with Crippen LogP contribution in [-0.4, -0.2) is 11.9 Å². The predicted molar refractivity (Wildman–Crippen MR) is 73.4 cm³/mol. The molecule has 90 valence electrons. The molecule has 0 bridgehead atoms. The average molecular weight is 285 g/mol. The van der Waals surface area contributed by atoms with E-state index < -0.39 is 0 Å². The second-order valence-electron chi connectivity index (χ2n) is 4.56. The Hall–Kier alpha value is -0.500. The van der Waals surface area contributed by atoms with E-state index in [2.05, 4.69) is 29.8 Å². The fourth-order valence-corrected chi connectivity index (χ4v) is 2.22. The third-order valence-electron chi connectivity index (χ3n) is 3.11. The SMILES string of the molecule is CCC(C)(CBr)CCCOc1ccccc1. The van der Waals surface area contributed by atoms with E-state index in [1.54, 1.807) is 0 Å². The number of halogens is 1. The lowest BCUT2D eigenvalue weighted by Gasteiger charge is -2.25. The molecule has 0 heterocycles. The van der Waals surface area contributed by atoms with E-state index in [0.29, 0.717) is 5.41 Å². The summed E-state index contributed by atoms with van der Waals surface area (Å²) in [5, 5.41) is 1.07. The van der Waals surface area contributed by atoms with Gasteiger partial charge in [0.1, 0.15) is 5.75 Å². The number of hydrogen-bond acceptors (Lipinski definition) is 1. The molecule has 1 atom stereocenters. The van der Waals surface area contributed by atoms with Gasteiger partial charge in [-0.2, -0.15) is 0 Å². The van der Waals surface area contributed by atoms with Crippen molar-refractivity contribution in [1.29, 1.82) is 0 Å². The van der Waals surface area contributed by atoms with E-state index in [1.807, 2.05) is 30.3 Å². The number of rotatable bonds is 7. The van der Waals surface area contributed by atoms with Gasteiger partial charge in [0.25, 0.3) is 0 Å². The van der Waals surface area contributed by atoms with Crippen molar-refractivity contribution in [2.24, 2.45) is 5.41 Å². The monoisotopic (exact) mass is 284 g/mol. The summed E-state index contributed by atoms with van der Waals surface area (Å²) in [7, 11) is 0. The smallest absolute Gasteiger partial charge is 0.119 e. The van der Waals surface area contributed by atoms with Crippen LogP contribution in [0.25, 0.3) is 0 Å². The van der Waals surface area contributed by atoms with E-state index in [9.17, 15) is 0 Å². The summed E-state index contributed by atoms with van der Waals surface area (Å²) in [6.07, 6.45) is 3.54. The minimum absolute atomic E-state index is 0.417. The standard InChI is InChI=1S/C14H21BrO/c1-3-14(2,12-15)10-7-11-16-13-8-5-4-6-9-13/h4-6,8-9H,3,7,10-12H2,1-2H3. The largest absolute Gasteiger partial charge is 0.494 e. The van der Waals surface area contributed by atoms with Crippen molar-refractivity contribution in [3.63, 3.8) is 0 Å². The van der Waals surface area contributed by atoms with Gasteiger partial charge < -0.3 is 4.74 Å². The van der Waals surface area contributed by atoms with Gasteiger partial charge in [0.15, 0.2) is 0 Å². The highest BCUT2D eigenvalue weighted by atomic mass is 79.9. The average Bonchev–Trinajstić information content (AvgIpc) is 2.36. The van der Waals surface area contributed by atoms with Crippen LogP contribution in [0.2, 0.25) is 0 Å². The molecule has 0 saturated heterocycles. The lowest BCUT2D eigenvalue weighted by molar-refractivity contribution is 0.256. The first-order valence-corrected chi connectivity index (χ1v) is 7.06. The molecule has 1 nitrogen and oxygen atoms in total. The van der Waals surface area contributed by atoms with Crippen molar-refractivity contribution in [2.45, 2.75) is 33.1 Å². The van der Waals surface area contributed by atoms with Gasteiger partial charge in [0, 0.05) is 5.33 Å². The van der Waals surface area contributed by atoms with E-state index in [0.717, 1.165) is 24.1 Å². The van der Waals surface area contributed by atoms with Gasteiger partial charge in [0.05, 0.1) is 6.61 Å². The van der Waals surface area contributed by atoms with Crippen LogP contribution in [0.5, 0.6) is 5.75 Å². The molecule has 0 amide bonds. The van der Waals surface area contributed by atoms with Crippen molar-refractivity contribution >= 4 is 15.9 Å². The summed E-state index contributed by atoms with van der Waals surface area (Å²) in [6, 6.07) is 10.0. The highest BCUT2D eigenvalue weighted by Gasteiger charge is 2.19. The van der Waals surface area contributed by atoms with Crippen LogP contribution in [-0.2, 0) is 0 Å². The van der Waals surface area contributed by atoms with E-state index in [1.165, 1.54) is 12.8 Å². The Balaban J connectivity index is 2.22. The Morgan fingerprint density at radius 3 is 2.50 bits per heavy atom. The number of benzene rings is 1. The molecule has 1 aromatic carbocycles. The maximum Gasteiger partial charge on any atom is 0.119 e. The quantitative estimate of drug-likeness (QED) is 0.523. The zero-order chi connectivity index (χ0) is 11.9. The normalized spacial score (nSPS) is 14.4. The van der Waals surface area contributed by atoms with Gasteiger partial charge in [-0.15, -0.1) is 0 Å². The molecule has 0 saturated carbocycles. The Bertz CT molecular complexity index is 280. The lowest BCUT2D eigenvalue weighted by Crippen LogP contribution is -2.18. The molecule has 1 aromatic rings. The molecule has 0 N–H and O–H groups in total. The van der Waals surface area contributed by atoms with Crippen LogP contribution in [0.1, 0.15) is 33.1 Å². The second kappa shape index (κ2) is 6.95. The Labute approximate surface area is 107 Å². The fraction of sp³-hybridized carbons (Fsp3) is 0.571. The van der Waals surface area contributed by atoms with E-state index in [4.69, 9.17) is 4.74 Å². The van der Waals surface area contributed by atoms with Crippen LogP contribution in [0, 0.1) is 5.41 Å². The topological polar surface area (TPSA) is 9.23 Å². The molecule has 0 fully saturated rings. The second-order valence-corrected chi connectivity index (χ2v) is 5.12. The van der Waals surface area contributed by atoms with Gasteiger partial charge in [-0.1, -0.05) is 48.0 Å². The Morgan fingerprint density at radius 1 is 1.25 bits per heavy atom. The summed E-state index contributed by atoms with van der Waals surface area (Å²) in [5.74, 6) is 0.972. The van der Waals surface area contributed by atoms with Crippen LogP contribution in [0.3, 0.4) is 0 Å². The molecule has 1 rings (SSSR count). The molecular formula is C14H21BrO. The molecule has 1 unspecified atom stereocenters. The maximum atomic E-state index is 5.68. The molecule has 16 heavy (non-hydrogen) atoms. The van der Waals surface area contributed by atoms with Gasteiger partial charge in [-0.25, -0.2) is 0 Å². The van der Waals surface area contributed by atoms with Crippen LogP contribution in [0.4, 0.5) is 0 Å². The zero-order valence-corrected chi connectivity index (χ0v) is 11.8. The lowest BCUT2D eigenvalue weighted by atomic mass is 9.85. The number of ether oxygens (including phenoxy) is 1. The highest BCUT2D eigenvalue weighted by Crippen LogP contribution is 2.29. The molecule has 0 aliphatic rings. The van der Waals surface area contributed by atoms with Crippen molar-refractivity contribution in [1.82, 2.24) is 0 Å².